The van der Waals surface area contributed by atoms with E-state index in [-0.39, 0.29) is 11.4 Å². The largest absolute Gasteiger partial charge is 0.355 e. The lowest BCUT2D eigenvalue weighted by Crippen LogP contribution is -2.41. The molecule has 0 aromatic carbocycles. The topological polar surface area (TPSA) is 41.1 Å². The molecule has 2 N–H and O–H groups in total. The molecule has 1 amide bonds. The van der Waals surface area contributed by atoms with Gasteiger partial charge >= 0.3 is 0 Å². The van der Waals surface area contributed by atoms with Crippen LogP contribution in [0.3, 0.4) is 0 Å². The summed E-state index contributed by atoms with van der Waals surface area (Å²) >= 11 is 0. The van der Waals surface area contributed by atoms with Crippen molar-refractivity contribution in [3.8, 4) is 0 Å². The molecule has 0 rings (SSSR count). The van der Waals surface area contributed by atoms with Gasteiger partial charge in [0.25, 0.3) is 0 Å². The third-order valence-corrected chi connectivity index (χ3v) is 1.42. The number of nitrogens with one attached hydrogen (secondary N) is 2. The molecule has 0 radical (unpaired) electrons. The quantitative estimate of drug-likeness (QED) is 0.619. The van der Waals surface area contributed by atoms with Crippen LogP contribution in [0.15, 0.2) is 0 Å². The summed E-state index contributed by atoms with van der Waals surface area (Å²) in [6.45, 7) is 9.71. The molecule has 3 heteroatoms. The fourth-order valence-corrected chi connectivity index (χ4v) is 0.764. The smallest absolute Gasteiger partial charge is 0.219 e. The number of carbonyl (C=O) groups is 1. The maximum atomic E-state index is 10.8. The fourth-order valence-electron chi connectivity index (χ4n) is 0.764. The highest BCUT2D eigenvalue weighted by Gasteiger charge is 2.07. The predicted octanol–water partition coefficient (Wildman–Crippen LogP) is 0.901. The van der Waals surface area contributed by atoms with Crippen LogP contribution >= 0.6 is 0 Å². The van der Waals surface area contributed by atoms with Gasteiger partial charge in [0.15, 0.2) is 0 Å². The van der Waals surface area contributed by atoms with Crippen molar-refractivity contribution in [2.75, 3.05) is 13.1 Å². The summed E-state index contributed by atoms with van der Waals surface area (Å²) in [5.41, 5.74) is 0.136. The Bertz CT molecular complexity index is 138. The van der Waals surface area contributed by atoms with Crippen molar-refractivity contribution < 1.29 is 4.79 Å². The number of carbonyl (C=O) groups excluding carboxylic acids is 1. The lowest BCUT2D eigenvalue weighted by Gasteiger charge is -2.20. The molecule has 0 aliphatic heterocycles. The molecule has 0 aromatic heterocycles. The normalized spacial score (nSPS) is 11.3. The van der Waals surface area contributed by atoms with Gasteiger partial charge in [0.1, 0.15) is 0 Å². The lowest BCUT2D eigenvalue weighted by molar-refractivity contribution is -0.120. The van der Waals surface area contributed by atoms with Crippen LogP contribution in [0.4, 0.5) is 0 Å². The average molecular weight is 172 g/mol. The first kappa shape index (κ1) is 11.4. The summed E-state index contributed by atoms with van der Waals surface area (Å²) in [7, 11) is 0. The van der Waals surface area contributed by atoms with Gasteiger partial charge in [-0.1, -0.05) is 6.92 Å². The van der Waals surface area contributed by atoms with E-state index in [2.05, 4.69) is 31.4 Å². The Morgan fingerprint density at radius 1 is 1.25 bits per heavy atom. The first-order valence-electron chi connectivity index (χ1n) is 4.47. The molecule has 0 saturated carbocycles. The number of hydrogen-bond donors (Lipinski definition) is 2. The fraction of sp³-hybridized carbons (Fsp3) is 0.889. The Morgan fingerprint density at radius 2 is 1.83 bits per heavy atom. The standard InChI is InChI=1S/C9H20N2O/c1-5-8(12)10-6-7-11-9(2,3)4/h11H,5-7H2,1-4H3,(H,10,12). The van der Waals surface area contributed by atoms with E-state index in [4.69, 9.17) is 0 Å². The zero-order valence-electron chi connectivity index (χ0n) is 8.53. The van der Waals surface area contributed by atoms with E-state index in [9.17, 15) is 4.79 Å². The Balaban J connectivity index is 3.28. The minimum atomic E-state index is 0.116. The summed E-state index contributed by atoms with van der Waals surface area (Å²) in [5, 5.41) is 6.09. The monoisotopic (exact) mass is 172 g/mol. The summed E-state index contributed by atoms with van der Waals surface area (Å²) in [6, 6.07) is 0. The summed E-state index contributed by atoms with van der Waals surface area (Å²) < 4.78 is 0. The van der Waals surface area contributed by atoms with Gasteiger partial charge in [0.2, 0.25) is 5.91 Å². The van der Waals surface area contributed by atoms with Gasteiger partial charge in [0.05, 0.1) is 0 Å². The molecule has 0 bridgehead atoms. The van der Waals surface area contributed by atoms with E-state index in [0.29, 0.717) is 13.0 Å². The van der Waals surface area contributed by atoms with Gasteiger partial charge in [0, 0.05) is 25.0 Å². The highest BCUT2D eigenvalue weighted by atomic mass is 16.1. The molecule has 0 atom stereocenters. The summed E-state index contributed by atoms with van der Waals surface area (Å²) in [4.78, 5) is 10.8. The molecule has 0 aromatic rings. The molecule has 72 valence electrons. The van der Waals surface area contributed by atoms with E-state index < -0.39 is 0 Å². The van der Waals surface area contributed by atoms with Gasteiger partial charge in [-0.3, -0.25) is 4.79 Å². The van der Waals surface area contributed by atoms with Gasteiger partial charge in [-0.2, -0.15) is 0 Å². The molecule has 0 unspecified atom stereocenters. The second kappa shape index (κ2) is 5.14. The Hall–Kier alpha value is -0.570. The minimum Gasteiger partial charge on any atom is -0.355 e. The molecular weight excluding hydrogens is 152 g/mol. The highest BCUT2D eigenvalue weighted by Crippen LogP contribution is 1.96. The second-order valence-corrected chi connectivity index (χ2v) is 3.88. The SMILES string of the molecule is CCC(=O)NCCNC(C)(C)C. The summed E-state index contributed by atoms with van der Waals surface area (Å²) in [5.74, 6) is 0.116. The zero-order valence-corrected chi connectivity index (χ0v) is 8.53. The van der Waals surface area contributed by atoms with Crippen molar-refractivity contribution in [2.45, 2.75) is 39.7 Å². The molecule has 12 heavy (non-hydrogen) atoms. The minimum absolute atomic E-state index is 0.116. The van der Waals surface area contributed by atoms with Crippen LogP contribution in [0.1, 0.15) is 34.1 Å². The molecule has 0 fully saturated rings. The first-order valence-corrected chi connectivity index (χ1v) is 4.47. The van der Waals surface area contributed by atoms with E-state index in [0.717, 1.165) is 6.54 Å². The molecule has 0 spiro atoms. The first-order chi connectivity index (χ1) is 5.45. The summed E-state index contributed by atoms with van der Waals surface area (Å²) in [6.07, 6.45) is 0.565. The van der Waals surface area contributed by atoms with Gasteiger partial charge in [-0.25, -0.2) is 0 Å². The van der Waals surface area contributed by atoms with E-state index in [1.807, 2.05) is 6.92 Å². The van der Waals surface area contributed by atoms with E-state index >= 15 is 0 Å². The van der Waals surface area contributed by atoms with Crippen LogP contribution in [-0.2, 0) is 4.79 Å². The molecule has 0 saturated heterocycles. The third kappa shape index (κ3) is 7.54. The van der Waals surface area contributed by atoms with Crippen molar-refractivity contribution in [3.05, 3.63) is 0 Å². The zero-order chi connectivity index (χ0) is 9.61. The number of hydrogen-bond acceptors (Lipinski definition) is 2. The molecular formula is C9H20N2O. The van der Waals surface area contributed by atoms with Crippen LogP contribution in [0.2, 0.25) is 0 Å². The van der Waals surface area contributed by atoms with Crippen LogP contribution in [0, 0.1) is 0 Å². The van der Waals surface area contributed by atoms with E-state index in [1.54, 1.807) is 0 Å². The predicted molar refractivity (Wildman–Crippen MR) is 51.1 cm³/mol. The van der Waals surface area contributed by atoms with Crippen molar-refractivity contribution in [1.82, 2.24) is 10.6 Å². The maximum Gasteiger partial charge on any atom is 0.219 e. The molecule has 3 nitrogen and oxygen atoms in total. The second-order valence-electron chi connectivity index (χ2n) is 3.88. The Labute approximate surface area is 74.9 Å². The average Bonchev–Trinajstić information content (AvgIpc) is 1.96. The molecule has 0 aliphatic rings. The van der Waals surface area contributed by atoms with E-state index in [1.165, 1.54) is 0 Å². The third-order valence-electron chi connectivity index (χ3n) is 1.42. The lowest BCUT2D eigenvalue weighted by atomic mass is 10.1. The maximum absolute atomic E-state index is 10.8. The number of rotatable bonds is 4. The van der Waals surface area contributed by atoms with Crippen LogP contribution in [0.5, 0.6) is 0 Å². The molecule has 0 aliphatic carbocycles. The van der Waals surface area contributed by atoms with Gasteiger partial charge in [-0.05, 0) is 20.8 Å². The Kier molecular flexibility index (Phi) is 4.90. The van der Waals surface area contributed by atoms with Gasteiger partial charge < -0.3 is 10.6 Å². The number of amides is 1. The van der Waals surface area contributed by atoms with Crippen molar-refractivity contribution in [3.63, 3.8) is 0 Å². The van der Waals surface area contributed by atoms with Crippen LogP contribution in [0.25, 0.3) is 0 Å². The van der Waals surface area contributed by atoms with Gasteiger partial charge in [-0.15, -0.1) is 0 Å². The molecule has 0 heterocycles. The van der Waals surface area contributed by atoms with Crippen molar-refractivity contribution in [1.29, 1.82) is 0 Å². The van der Waals surface area contributed by atoms with Crippen LogP contribution in [-0.4, -0.2) is 24.5 Å². The Morgan fingerprint density at radius 3 is 2.25 bits per heavy atom. The van der Waals surface area contributed by atoms with Crippen LogP contribution < -0.4 is 10.6 Å². The van der Waals surface area contributed by atoms with Crippen molar-refractivity contribution >= 4 is 5.91 Å². The van der Waals surface area contributed by atoms with Crippen molar-refractivity contribution in [2.24, 2.45) is 0 Å². The highest BCUT2D eigenvalue weighted by molar-refractivity contribution is 5.75.